The number of fused-ring (bicyclic) bond motifs is 1. The molecule has 0 aliphatic carbocycles. The van der Waals surface area contributed by atoms with Gasteiger partial charge in [-0.05, 0) is 35.6 Å². The number of carbonyl (C=O) groups is 1. The third-order valence-corrected chi connectivity index (χ3v) is 3.90. The lowest BCUT2D eigenvalue weighted by Crippen LogP contribution is -2.00. The molecule has 21 heavy (non-hydrogen) atoms. The van der Waals surface area contributed by atoms with Gasteiger partial charge in [-0.1, -0.05) is 59.6 Å². The number of halogens is 1. The molecule has 3 heteroatoms. The molecule has 2 nitrogen and oxygen atoms in total. The zero-order chi connectivity index (χ0) is 15.0. The Morgan fingerprint density at radius 1 is 0.952 bits per heavy atom. The maximum Gasteiger partial charge on any atom is 0.336 e. The second-order valence-corrected chi connectivity index (χ2v) is 5.40. The molecule has 0 radical (unpaired) electrons. The van der Waals surface area contributed by atoms with Crippen LogP contribution >= 0.6 is 11.6 Å². The molecule has 3 aromatic rings. The van der Waals surface area contributed by atoms with Crippen LogP contribution in [0.5, 0.6) is 0 Å². The van der Waals surface area contributed by atoms with E-state index in [9.17, 15) is 9.90 Å². The summed E-state index contributed by atoms with van der Waals surface area (Å²) in [6, 6.07) is 16.9. The van der Waals surface area contributed by atoms with Crippen LogP contribution in [0.2, 0.25) is 5.02 Å². The van der Waals surface area contributed by atoms with Gasteiger partial charge < -0.3 is 5.11 Å². The predicted molar refractivity (Wildman–Crippen MR) is 86.1 cm³/mol. The van der Waals surface area contributed by atoms with Gasteiger partial charge in [0.1, 0.15) is 0 Å². The average molecular weight is 297 g/mol. The fourth-order valence-electron chi connectivity index (χ4n) is 2.57. The maximum absolute atomic E-state index is 11.5. The summed E-state index contributed by atoms with van der Waals surface area (Å²) in [6.45, 7) is 1.89. The SMILES string of the molecule is Cc1ccc(-c2ccc(Cl)c3ccccc23)c(C(=O)O)c1. The average Bonchev–Trinajstić information content (AvgIpc) is 2.48. The highest BCUT2D eigenvalue weighted by atomic mass is 35.5. The molecule has 0 amide bonds. The van der Waals surface area contributed by atoms with Gasteiger partial charge in [-0.3, -0.25) is 0 Å². The van der Waals surface area contributed by atoms with E-state index in [4.69, 9.17) is 11.6 Å². The van der Waals surface area contributed by atoms with Crippen LogP contribution in [0.4, 0.5) is 0 Å². The molecule has 0 atom stereocenters. The van der Waals surface area contributed by atoms with E-state index in [1.54, 1.807) is 6.07 Å². The van der Waals surface area contributed by atoms with Crippen LogP contribution in [-0.2, 0) is 0 Å². The van der Waals surface area contributed by atoms with E-state index >= 15 is 0 Å². The molecule has 0 spiro atoms. The Balaban J connectivity index is 2.36. The Labute approximate surface area is 127 Å². The summed E-state index contributed by atoms with van der Waals surface area (Å²) in [4.78, 5) is 11.5. The third-order valence-electron chi connectivity index (χ3n) is 3.57. The lowest BCUT2D eigenvalue weighted by Gasteiger charge is -2.11. The highest BCUT2D eigenvalue weighted by molar-refractivity contribution is 6.36. The molecule has 1 N–H and O–H groups in total. The molecule has 0 aliphatic rings. The summed E-state index contributed by atoms with van der Waals surface area (Å²) in [5.74, 6) is -0.923. The van der Waals surface area contributed by atoms with Crippen LogP contribution in [0.15, 0.2) is 54.6 Å². The van der Waals surface area contributed by atoms with Crippen molar-refractivity contribution in [2.24, 2.45) is 0 Å². The van der Waals surface area contributed by atoms with E-state index in [1.165, 1.54) is 0 Å². The predicted octanol–water partition coefficient (Wildman–Crippen LogP) is 5.17. The second kappa shape index (κ2) is 5.23. The third kappa shape index (κ3) is 2.39. The minimum absolute atomic E-state index is 0.308. The van der Waals surface area contributed by atoms with Gasteiger partial charge in [0.25, 0.3) is 0 Å². The van der Waals surface area contributed by atoms with Crippen molar-refractivity contribution in [1.82, 2.24) is 0 Å². The zero-order valence-electron chi connectivity index (χ0n) is 11.4. The van der Waals surface area contributed by atoms with Crippen LogP contribution in [0.25, 0.3) is 21.9 Å². The van der Waals surface area contributed by atoms with E-state index in [0.29, 0.717) is 16.1 Å². The summed E-state index contributed by atoms with van der Waals surface area (Å²) >= 11 is 6.23. The number of carboxylic acids is 1. The first-order valence-corrected chi connectivity index (χ1v) is 6.97. The Kier molecular flexibility index (Phi) is 3.40. The van der Waals surface area contributed by atoms with Crippen molar-refractivity contribution >= 4 is 28.3 Å². The largest absolute Gasteiger partial charge is 0.478 e. The Morgan fingerprint density at radius 3 is 2.33 bits per heavy atom. The van der Waals surface area contributed by atoms with Crippen LogP contribution in [0.3, 0.4) is 0 Å². The molecule has 0 saturated heterocycles. The first kappa shape index (κ1) is 13.7. The molecular weight excluding hydrogens is 284 g/mol. The van der Waals surface area contributed by atoms with Crippen molar-refractivity contribution in [1.29, 1.82) is 0 Å². The normalized spacial score (nSPS) is 10.8. The minimum atomic E-state index is -0.923. The minimum Gasteiger partial charge on any atom is -0.478 e. The van der Waals surface area contributed by atoms with E-state index in [2.05, 4.69) is 0 Å². The molecule has 0 aliphatic heterocycles. The number of aryl methyl sites for hydroxylation is 1. The van der Waals surface area contributed by atoms with Crippen molar-refractivity contribution in [2.75, 3.05) is 0 Å². The summed E-state index contributed by atoms with van der Waals surface area (Å²) in [7, 11) is 0. The first-order valence-electron chi connectivity index (χ1n) is 6.59. The van der Waals surface area contributed by atoms with Gasteiger partial charge in [-0.2, -0.15) is 0 Å². The number of carboxylic acid groups (broad SMARTS) is 1. The fraction of sp³-hybridized carbons (Fsp3) is 0.0556. The number of hydrogen-bond acceptors (Lipinski definition) is 1. The van der Waals surface area contributed by atoms with Gasteiger partial charge in [0.15, 0.2) is 0 Å². The van der Waals surface area contributed by atoms with Gasteiger partial charge >= 0.3 is 5.97 Å². The highest BCUT2D eigenvalue weighted by Crippen LogP contribution is 2.34. The summed E-state index contributed by atoms with van der Waals surface area (Å²) < 4.78 is 0. The lowest BCUT2D eigenvalue weighted by atomic mass is 9.93. The summed E-state index contributed by atoms with van der Waals surface area (Å²) in [5.41, 5.74) is 2.82. The molecule has 0 bridgehead atoms. The fourth-order valence-corrected chi connectivity index (χ4v) is 2.79. The Bertz CT molecular complexity index is 853. The van der Waals surface area contributed by atoms with Crippen molar-refractivity contribution in [3.8, 4) is 11.1 Å². The van der Waals surface area contributed by atoms with Crippen molar-refractivity contribution in [3.63, 3.8) is 0 Å². The molecule has 0 aromatic heterocycles. The van der Waals surface area contributed by atoms with Gasteiger partial charge in [0, 0.05) is 10.4 Å². The topological polar surface area (TPSA) is 37.3 Å². The molecule has 0 fully saturated rings. The molecule has 104 valence electrons. The van der Waals surface area contributed by atoms with Crippen molar-refractivity contribution in [2.45, 2.75) is 6.92 Å². The maximum atomic E-state index is 11.5. The number of hydrogen-bond donors (Lipinski definition) is 1. The van der Waals surface area contributed by atoms with E-state index in [1.807, 2.05) is 55.5 Å². The standard InChI is InChI=1S/C18H13ClO2/c1-11-6-7-14(16(10-11)18(20)21)13-8-9-17(19)15-5-3-2-4-12(13)15/h2-10H,1H3,(H,20,21). The first-order chi connectivity index (χ1) is 10.1. The molecule has 0 heterocycles. The van der Waals surface area contributed by atoms with E-state index in [-0.39, 0.29) is 0 Å². The summed E-state index contributed by atoms with van der Waals surface area (Å²) in [5, 5.41) is 12.0. The van der Waals surface area contributed by atoms with Gasteiger partial charge in [-0.15, -0.1) is 0 Å². The molecule has 3 aromatic carbocycles. The molecular formula is C18H13ClO2. The second-order valence-electron chi connectivity index (χ2n) is 4.99. The van der Waals surface area contributed by atoms with Crippen LogP contribution < -0.4 is 0 Å². The summed E-state index contributed by atoms with van der Waals surface area (Å²) in [6.07, 6.45) is 0. The van der Waals surface area contributed by atoms with Crippen molar-refractivity contribution < 1.29 is 9.90 Å². The van der Waals surface area contributed by atoms with Gasteiger partial charge in [0.2, 0.25) is 0 Å². The van der Waals surface area contributed by atoms with Crippen LogP contribution in [0, 0.1) is 6.92 Å². The smallest absolute Gasteiger partial charge is 0.336 e. The van der Waals surface area contributed by atoms with E-state index < -0.39 is 5.97 Å². The monoisotopic (exact) mass is 296 g/mol. The molecule has 0 unspecified atom stereocenters. The lowest BCUT2D eigenvalue weighted by molar-refractivity contribution is 0.0697. The van der Waals surface area contributed by atoms with E-state index in [0.717, 1.165) is 21.9 Å². The molecule has 3 rings (SSSR count). The van der Waals surface area contributed by atoms with Crippen molar-refractivity contribution in [3.05, 3.63) is 70.7 Å². The van der Waals surface area contributed by atoms with Crippen LogP contribution in [0.1, 0.15) is 15.9 Å². The molecule has 0 saturated carbocycles. The van der Waals surface area contributed by atoms with Gasteiger partial charge in [-0.25, -0.2) is 4.79 Å². The number of benzene rings is 3. The number of aromatic carboxylic acids is 1. The van der Waals surface area contributed by atoms with Crippen LogP contribution in [-0.4, -0.2) is 11.1 Å². The van der Waals surface area contributed by atoms with Gasteiger partial charge in [0.05, 0.1) is 5.56 Å². The quantitative estimate of drug-likeness (QED) is 0.708. The Hall–Kier alpha value is -2.32. The zero-order valence-corrected chi connectivity index (χ0v) is 12.2. The number of rotatable bonds is 2. The highest BCUT2D eigenvalue weighted by Gasteiger charge is 2.14. The Morgan fingerprint density at radius 2 is 1.62 bits per heavy atom.